The van der Waals surface area contributed by atoms with Gasteiger partial charge in [0, 0.05) is 13.2 Å². The molecule has 2 nitrogen and oxygen atoms in total. The molecule has 1 rings (SSSR count). The van der Waals surface area contributed by atoms with Crippen molar-refractivity contribution in [3.05, 3.63) is 0 Å². The van der Waals surface area contributed by atoms with Crippen LogP contribution in [0.2, 0.25) is 0 Å². The van der Waals surface area contributed by atoms with Gasteiger partial charge >= 0.3 is 0 Å². The zero-order valence-corrected chi connectivity index (χ0v) is 9.94. The van der Waals surface area contributed by atoms with E-state index in [1.807, 2.05) is 7.11 Å². The lowest BCUT2D eigenvalue weighted by atomic mass is 9.81. The molecule has 0 aromatic rings. The van der Waals surface area contributed by atoms with Crippen molar-refractivity contribution < 1.29 is 4.74 Å². The van der Waals surface area contributed by atoms with Gasteiger partial charge in [-0.25, -0.2) is 0 Å². The largest absolute Gasteiger partial charge is 0.377 e. The second-order valence-corrected chi connectivity index (χ2v) is 4.62. The van der Waals surface area contributed by atoms with E-state index in [4.69, 9.17) is 4.74 Å². The summed E-state index contributed by atoms with van der Waals surface area (Å²) >= 11 is 0. The molecule has 1 saturated carbocycles. The Hall–Kier alpha value is -0.0800. The van der Waals surface area contributed by atoms with Crippen molar-refractivity contribution in [3.8, 4) is 0 Å². The minimum Gasteiger partial charge on any atom is -0.377 e. The standard InChI is InChI=1S/C12H25NO/c1-4-5-10-13-11-8-6-7-9-12(11,2)14-3/h11,13H,4-10H2,1-3H3/t11?,12-/m0/s1. The Kier molecular flexibility index (Phi) is 4.90. The molecule has 0 saturated heterocycles. The summed E-state index contributed by atoms with van der Waals surface area (Å²) in [5.74, 6) is 0. The molecule has 2 atom stereocenters. The summed E-state index contributed by atoms with van der Waals surface area (Å²) in [7, 11) is 1.85. The Bertz CT molecular complexity index is 160. The molecule has 0 amide bonds. The lowest BCUT2D eigenvalue weighted by molar-refractivity contribution is -0.0491. The SMILES string of the molecule is CCCCNC1CCCC[C@]1(C)OC. The second-order valence-electron chi connectivity index (χ2n) is 4.62. The van der Waals surface area contributed by atoms with E-state index in [-0.39, 0.29) is 5.60 Å². The average molecular weight is 199 g/mol. The van der Waals surface area contributed by atoms with Crippen LogP contribution in [0.5, 0.6) is 0 Å². The Morgan fingerprint density at radius 3 is 2.86 bits per heavy atom. The molecule has 0 radical (unpaired) electrons. The van der Waals surface area contributed by atoms with E-state index in [2.05, 4.69) is 19.2 Å². The monoisotopic (exact) mass is 199 g/mol. The first-order valence-corrected chi connectivity index (χ1v) is 6.01. The Morgan fingerprint density at radius 1 is 1.43 bits per heavy atom. The van der Waals surface area contributed by atoms with Crippen molar-refractivity contribution in [2.45, 2.75) is 64.0 Å². The zero-order chi connectivity index (χ0) is 10.4. The number of nitrogens with one attached hydrogen (secondary N) is 1. The molecule has 1 aliphatic rings. The van der Waals surface area contributed by atoms with Gasteiger partial charge in [-0.1, -0.05) is 26.2 Å². The van der Waals surface area contributed by atoms with E-state index in [1.54, 1.807) is 0 Å². The summed E-state index contributed by atoms with van der Waals surface area (Å²) in [5, 5.41) is 3.64. The Balaban J connectivity index is 2.38. The topological polar surface area (TPSA) is 21.3 Å². The van der Waals surface area contributed by atoms with Gasteiger partial charge in [0.15, 0.2) is 0 Å². The second kappa shape index (κ2) is 5.72. The fourth-order valence-electron chi connectivity index (χ4n) is 2.32. The van der Waals surface area contributed by atoms with Gasteiger partial charge in [-0.05, 0) is 32.7 Å². The summed E-state index contributed by atoms with van der Waals surface area (Å²) in [6.45, 7) is 5.62. The van der Waals surface area contributed by atoms with Crippen LogP contribution in [0, 0.1) is 0 Å². The van der Waals surface area contributed by atoms with Gasteiger partial charge in [-0.2, -0.15) is 0 Å². The van der Waals surface area contributed by atoms with Crippen LogP contribution in [0.1, 0.15) is 52.4 Å². The highest BCUT2D eigenvalue weighted by atomic mass is 16.5. The van der Waals surface area contributed by atoms with Crippen LogP contribution >= 0.6 is 0 Å². The third-order valence-electron chi connectivity index (χ3n) is 3.54. The Morgan fingerprint density at radius 2 is 2.21 bits per heavy atom. The van der Waals surface area contributed by atoms with Crippen molar-refractivity contribution in [2.24, 2.45) is 0 Å². The summed E-state index contributed by atoms with van der Waals surface area (Å²) < 4.78 is 5.66. The predicted molar refractivity (Wildman–Crippen MR) is 60.6 cm³/mol. The highest BCUT2D eigenvalue weighted by Gasteiger charge is 2.35. The maximum Gasteiger partial charge on any atom is 0.0802 e. The smallest absolute Gasteiger partial charge is 0.0802 e. The van der Waals surface area contributed by atoms with Crippen molar-refractivity contribution in [1.82, 2.24) is 5.32 Å². The van der Waals surface area contributed by atoms with E-state index < -0.39 is 0 Å². The summed E-state index contributed by atoms with van der Waals surface area (Å²) in [5.41, 5.74) is 0.0754. The lowest BCUT2D eigenvalue weighted by Crippen LogP contribution is -2.52. The van der Waals surface area contributed by atoms with Crippen LogP contribution < -0.4 is 5.32 Å². The molecule has 2 heteroatoms. The first-order valence-electron chi connectivity index (χ1n) is 6.01. The average Bonchev–Trinajstić information content (AvgIpc) is 2.21. The zero-order valence-electron chi connectivity index (χ0n) is 9.94. The van der Waals surface area contributed by atoms with E-state index in [0.717, 1.165) is 6.54 Å². The van der Waals surface area contributed by atoms with Crippen molar-refractivity contribution >= 4 is 0 Å². The van der Waals surface area contributed by atoms with Crippen molar-refractivity contribution in [3.63, 3.8) is 0 Å². The van der Waals surface area contributed by atoms with Gasteiger partial charge in [0.25, 0.3) is 0 Å². The molecule has 1 N–H and O–H groups in total. The maximum atomic E-state index is 5.66. The minimum absolute atomic E-state index is 0.0754. The maximum absolute atomic E-state index is 5.66. The van der Waals surface area contributed by atoms with E-state index in [9.17, 15) is 0 Å². The fourth-order valence-corrected chi connectivity index (χ4v) is 2.32. The molecular formula is C12H25NO. The van der Waals surface area contributed by atoms with Gasteiger partial charge in [-0.3, -0.25) is 0 Å². The third-order valence-corrected chi connectivity index (χ3v) is 3.54. The van der Waals surface area contributed by atoms with Crippen molar-refractivity contribution in [1.29, 1.82) is 0 Å². The van der Waals surface area contributed by atoms with Gasteiger partial charge in [0.1, 0.15) is 0 Å². The van der Waals surface area contributed by atoms with Crippen LogP contribution in [0.3, 0.4) is 0 Å². The molecule has 1 aliphatic carbocycles. The molecule has 14 heavy (non-hydrogen) atoms. The molecule has 0 heterocycles. The van der Waals surface area contributed by atoms with Crippen LogP contribution in [-0.2, 0) is 4.74 Å². The number of ether oxygens (including phenoxy) is 1. The normalized spacial score (nSPS) is 33.2. The van der Waals surface area contributed by atoms with Gasteiger partial charge < -0.3 is 10.1 Å². The molecule has 0 aromatic heterocycles. The first-order chi connectivity index (χ1) is 6.73. The molecule has 0 aliphatic heterocycles. The molecule has 0 aromatic carbocycles. The van der Waals surface area contributed by atoms with Crippen LogP contribution in [0.4, 0.5) is 0 Å². The highest BCUT2D eigenvalue weighted by molar-refractivity contribution is 4.92. The molecule has 1 unspecified atom stereocenters. The highest BCUT2D eigenvalue weighted by Crippen LogP contribution is 2.30. The number of rotatable bonds is 5. The van der Waals surface area contributed by atoms with Gasteiger partial charge in [0.2, 0.25) is 0 Å². The summed E-state index contributed by atoms with van der Waals surface area (Å²) in [6, 6.07) is 0.563. The molecule has 1 fully saturated rings. The number of unbranched alkanes of at least 4 members (excludes halogenated alkanes) is 1. The number of hydrogen-bond acceptors (Lipinski definition) is 2. The van der Waals surface area contributed by atoms with Crippen LogP contribution in [-0.4, -0.2) is 25.3 Å². The molecule has 0 bridgehead atoms. The van der Waals surface area contributed by atoms with E-state index >= 15 is 0 Å². The minimum atomic E-state index is 0.0754. The number of hydrogen-bond donors (Lipinski definition) is 1. The third kappa shape index (κ3) is 2.96. The molecule has 0 spiro atoms. The van der Waals surface area contributed by atoms with Crippen LogP contribution in [0.25, 0.3) is 0 Å². The fraction of sp³-hybridized carbons (Fsp3) is 1.00. The Labute approximate surface area is 88.4 Å². The quantitative estimate of drug-likeness (QED) is 0.687. The summed E-state index contributed by atoms with van der Waals surface area (Å²) in [6.07, 6.45) is 7.68. The van der Waals surface area contributed by atoms with Crippen LogP contribution in [0.15, 0.2) is 0 Å². The van der Waals surface area contributed by atoms with E-state index in [0.29, 0.717) is 6.04 Å². The lowest BCUT2D eigenvalue weighted by Gasteiger charge is -2.41. The van der Waals surface area contributed by atoms with E-state index in [1.165, 1.54) is 38.5 Å². The van der Waals surface area contributed by atoms with Gasteiger partial charge in [-0.15, -0.1) is 0 Å². The number of methoxy groups -OCH3 is 1. The summed E-state index contributed by atoms with van der Waals surface area (Å²) in [4.78, 5) is 0. The molecular weight excluding hydrogens is 174 g/mol. The predicted octanol–water partition coefficient (Wildman–Crippen LogP) is 2.72. The molecule has 84 valence electrons. The van der Waals surface area contributed by atoms with Crippen molar-refractivity contribution in [2.75, 3.05) is 13.7 Å². The first kappa shape index (κ1) is 12.0. The van der Waals surface area contributed by atoms with Gasteiger partial charge in [0.05, 0.1) is 5.60 Å².